The Kier molecular flexibility index (Phi) is 3.30. The lowest BCUT2D eigenvalue weighted by atomic mass is 9.93. The summed E-state index contributed by atoms with van der Waals surface area (Å²) in [4.78, 5) is 12.3. The summed E-state index contributed by atoms with van der Waals surface area (Å²) in [6, 6.07) is 15.1. The fourth-order valence-electron chi connectivity index (χ4n) is 2.83. The largest absolute Gasteiger partial charge is 0.502 e. The highest BCUT2D eigenvalue weighted by atomic mass is 16.4. The van der Waals surface area contributed by atoms with Gasteiger partial charge in [-0.3, -0.25) is 4.79 Å². The van der Waals surface area contributed by atoms with Crippen molar-refractivity contribution in [3.63, 3.8) is 0 Å². The number of hydrogen-bond donors (Lipinski definition) is 2. The minimum absolute atomic E-state index is 0.212. The minimum Gasteiger partial charge on any atom is -0.502 e. The summed E-state index contributed by atoms with van der Waals surface area (Å²) >= 11 is 0. The SMILES string of the molecule is O=c1c(O)c(-c2ccc(NC3CCC3)cc2)oc2ccccc12. The van der Waals surface area contributed by atoms with Crippen molar-refractivity contribution in [1.29, 1.82) is 0 Å². The van der Waals surface area contributed by atoms with Crippen LogP contribution in [-0.4, -0.2) is 11.1 Å². The van der Waals surface area contributed by atoms with Crippen molar-refractivity contribution in [1.82, 2.24) is 0 Å². The quantitative estimate of drug-likeness (QED) is 0.763. The molecule has 0 atom stereocenters. The Morgan fingerprint density at radius 2 is 1.78 bits per heavy atom. The van der Waals surface area contributed by atoms with Gasteiger partial charge in [-0.1, -0.05) is 12.1 Å². The third-order valence-electron chi connectivity index (χ3n) is 4.40. The molecule has 4 rings (SSSR count). The number of benzene rings is 2. The predicted molar refractivity (Wildman–Crippen MR) is 90.8 cm³/mol. The van der Waals surface area contributed by atoms with E-state index in [0.717, 1.165) is 5.69 Å². The number of nitrogens with one attached hydrogen (secondary N) is 1. The normalized spacial score (nSPS) is 14.6. The molecule has 4 heteroatoms. The molecule has 0 radical (unpaired) electrons. The fourth-order valence-corrected chi connectivity index (χ4v) is 2.83. The number of aromatic hydroxyl groups is 1. The highest BCUT2D eigenvalue weighted by Crippen LogP contribution is 2.31. The maximum atomic E-state index is 12.3. The molecule has 1 aliphatic rings. The molecule has 0 spiro atoms. The van der Waals surface area contributed by atoms with Crippen molar-refractivity contribution < 1.29 is 9.52 Å². The Morgan fingerprint density at radius 3 is 2.48 bits per heavy atom. The number of anilines is 1. The van der Waals surface area contributed by atoms with Gasteiger partial charge in [0.2, 0.25) is 11.2 Å². The molecule has 0 aliphatic heterocycles. The second-order valence-corrected chi connectivity index (χ2v) is 5.95. The average Bonchev–Trinajstić information content (AvgIpc) is 2.55. The molecule has 0 saturated heterocycles. The van der Waals surface area contributed by atoms with Gasteiger partial charge in [-0.2, -0.15) is 0 Å². The van der Waals surface area contributed by atoms with Gasteiger partial charge < -0.3 is 14.8 Å². The van der Waals surface area contributed by atoms with E-state index in [2.05, 4.69) is 5.32 Å². The van der Waals surface area contributed by atoms with Gasteiger partial charge in [0.25, 0.3) is 0 Å². The summed E-state index contributed by atoms with van der Waals surface area (Å²) < 4.78 is 5.74. The molecule has 1 aliphatic carbocycles. The zero-order chi connectivity index (χ0) is 15.8. The van der Waals surface area contributed by atoms with E-state index < -0.39 is 5.43 Å². The molecular weight excluding hydrogens is 290 g/mol. The van der Waals surface area contributed by atoms with Crippen LogP contribution in [0.5, 0.6) is 5.75 Å². The van der Waals surface area contributed by atoms with E-state index in [9.17, 15) is 9.90 Å². The molecule has 0 amide bonds. The summed E-state index contributed by atoms with van der Waals surface area (Å²) in [5.74, 6) is -0.132. The number of fused-ring (bicyclic) bond motifs is 1. The van der Waals surface area contributed by atoms with Crippen molar-refractivity contribution in [2.45, 2.75) is 25.3 Å². The fraction of sp³-hybridized carbons (Fsp3) is 0.211. The van der Waals surface area contributed by atoms with Crippen LogP contribution in [0, 0.1) is 0 Å². The van der Waals surface area contributed by atoms with Crippen molar-refractivity contribution in [2.24, 2.45) is 0 Å². The highest BCUT2D eigenvalue weighted by Gasteiger charge is 2.18. The van der Waals surface area contributed by atoms with Gasteiger partial charge in [-0.25, -0.2) is 0 Å². The van der Waals surface area contributed by atoms with Crippen LogP contribution < -0.4 is 10.7 Å². The van der Waals surface area contributed by atoms with Crippen molar-refractivity contribution >= 4 is 16.7 Å². The van der Waals surface area contributed by atoms with Gasteiger partial charge in [-0.15, -0.1) is 0 Å². The van der Waals surface area contributed by atoms with Crippen LogP contribution in [0.4, 0.5) is 5.69 Å². The maximum Gasteiger partial charge on any atom is 0.235 e. The second kappa shape index (κ2) is 5.47. The van der Waals surface area contributed by atoms with E-state index in [0.29, 0.717) is 22.6 Å². The van der Waals surface area contributed by atoms with E-state index in [-0.39, 0.29) is 11.5 Å². The minimum atomic E-state index is -0.404. The van der Waals surface area contributed by atoms with E-state index >= 15 is 0 Å². The monoisotopic (exact) mass is 307 g/mol. The molecule has 1 heterocycles. The molecule has 116 valence electrons. The van der Waals surface area contributed by atoms with Crippen LogP contribution in [0.2, 0.25) is 0 Å². The average molecular weight is 307 g/mol. The third-order valence-corrected chi connectivity index (χ3v) is 4.40. The molecule has 3 aromatic rings. The molecule has 2 aromatic carbocycles. The van der Waals surface area contributed by atoms with Crippen LogP contribution in [0.1, 0.15) is 19.3 Å². The van der Waals surface area contributed by atoms with Crippen molar-refractivity contribution in [2.75, 3.05) is 5.32 Å². The molecule has 23 heavy (non-hydrogen) atoms. The van der Waals surface area contributed by atoms with Crippen LogP contribution in [0.15, 0.2) is 57.7 Å². The summed E-state index contributed by atoms with van der Waals surface area (Å²) in [5, 5.41) is 14.0. The molecule has 1 fully saturated rings. The van der Waals surface area contributed by atoms with Gasteiger partial charge >= 0.3 is 0 Å². The van der Waals surface area contributed by atoms with Crippen LogP contribution >= 0.6 is 0 Å². The molecular formula is C19H17NO3. The van der Waals surface area contributed by atoms with E-state index in [1.807, 2.05) is 24.3 Å². The van der Waals surface area contributed by atoms with Gasteiger partial charge in [0.05, 0.1) is 5.39 Å². The number of para-hydroxylation sites is 1. The molecule has 2 N–H and O–H groups in total. The Labute approximate surface area is 133 Å². The molecule has 4 nitrogen and oxygen atoms in total. The first-order chi connectivity index (χ1) is 11.2. The Balaban J connectivity index is 1.73. The van der Waals surface area contributed by atoms with Gasteiger partial charge in [-0.05, 0) is 55.7 Å². The molecule has 1 saturated carbocycles. The summed E-state index contributed by atoms with van der Waals surface area (Å²) in [7, 11) is 0. The Bertz CT molecular complexity index is 908. The summed E-state index contributed by atoms with van der Waals surface area (Å²) in [5.41, 5.74) is 1.80. The summed E-state index contributed by atoms with van der Waals surface area (Å²) in [6.07, 6.45) is 3.70. The maximum absolute atomic E-state index is 12.3. The Hall–Kier alpha value is -2.75. The smallest absolute Gasteiger partial charge is 0.235 e. The molecule has 0 unspecified atom stereocenters. The van der Waals surface area contributed by atoms with Crippen LogP contribution in [-0.2, 0) is 0 Å². The molecule has 1 aromatic heterocycles. The lowest BCUT2D eigenvalue weighted by Crippen LogP contribution is -2.26. The number of hydrogen-bond acceptors (Lipinski definition) is 4. The van der Waals surface area contributed by atoms with Crippen LogP contribution in [0.25, 0.3) is 22.3 Å². The van der Waals surface area contributed by atoms with Crippen LogP contribution in [0.3, 0.4) is 0 Å². The topological polar surface area (TPSA) is 62.5 Å². The zero-order valence-corrected chi connectivity index (χ0v) is 12.6. The second-order valence-electron chi connectivity index (χ2n) is 5.95. The van der Waals surface area contributed by atoms with E-state index in [1.165, 1.54) is 19.3 Å². The Morgan fingerprint density at radius 1 is 1.04 bits per heavy atom. The zero-order valence-electron chi connectivity index (χ0n) is 12.6. The lowest BCUT2D eigenvalue weighted by Gasteiger charge is -2.27. The van der Waals surface area contributed by atoms with Crippen molar-refractivity contribution in [3.05, 3.63) is 58.8 Å². The first-order valence-electron chi connectivity index (χ1n) is 7.84. The van der Waals surface area contributed by atoms with Crippen molar-refractivity contribution in [3.8, 4) is 17.1 Å². The summed E-state index contributed by atoms with van der Waals surface area (Å²) in [6.45, 7) is 0. The standard InChI is InChI=1S/C19H17NO3/c21-17-15-6-1-2-7-16(15)23-19(18(17)22)12-8-10-14(11-9-12)20-13-4-3-5-13/h1-2,6-11,13,20,22H,3-5H2. The predicted octanol–water partition coefficient (Wildman–Crippen LogP) is 4.13. The number of rotatable bonds is 3. The molecule has 0 bridgehead atoms. The first-order valence-corrected chi connectivity index (χ1v) is 7.84. The van der Waals surface area contributed by atoms with Gasteiger partial charge in [0, 0.05) is 17.3 Å². The first kappa shape index (κ1) is 13.9. The highest BCUT2D eigenvalue weighted by molar-refractivity contribution is 5.81. The van der Waals surface area contributed by atoms with Gasteiger partial charge in [0.15, 0.2) is 5.76 Å². The van der Waals surface area contributed by atoms with E-state index in [1.54, 1.807) is 24.3 Å². The van der Waals surface area contributed by atoms with E-state index in [4.69, 9.17) is 4.42 Å². The third kappa shape index (κ3) is 2.46. The van der Waals surface area contributed by atoms with Gasteiger partial charge in [0.1, 0.15) is 5.58 Å². The lowest BCUT2D eigenvalue weighted by molar-refractivity contribution is 0.445.